The van der Waals surface area contributed by atoms with Crippen LogP contribution in [0.1, 0.15) is 37.4 Å². The van der Waals surface area contributed by atoms with E-state index in [4.69, 9.17) is 5.11 Å². The fourth-order valence-electron chi connectivity index (χ4n) is 2.01. The Morgan fingerprint density at radius 1 is 1.38 bits per heavy atom. The molecule has 1 aromatic heterocycles. The predicted octanol–water partition coefficient (Wildman–Crippen LogP) is 1.42. The minimum Gasteiger partial charge on any atom is -0.481 e. The maximum absolute atomic E-state index is 11.6. The molecule has 1 aromatic rings. The molecule has 0 saturated heterocycles. The molecule has 1 atom stereocenters. The van der Waals surface area contributed by atoms with Crippen LogP contribution in [0.15, 0.2) is 6.20 Å². The molecule has 0 aliphatic rings. The van der Waals surface area contributed by atoms with Crippen LogP contribution in [0.2, 0.25) is 0 Å². The summed E-state index contributed by atoms with van der Waals surface area (Å²) in [5.74, 6) is -0.499. The summed E-state index contributed by atoms with van der Waals surface area (Å²) in [5, 5.41) is 18.4. The fourth-order valence-corrected chi connectivity index (χ4v) is 2.01. The van der Waals surface area contributed by atoms with Crippen LogP contribution < -0.4 is 10.6 Å². The SMILES string of the molecule is Cc1nn(C)cc1CNC(=O)NCCC(C)CCC(=O)O. The van der Waals surface area contributed by atoms with Gasteiger partial charge >= 0.3 is 12.0 Å². The molecule has 3 N–H and O–H groups in total. The number of nitrogens with one attached hydrogen (secondary N) is 2. The number of carbonyl (C=O) groups is 2. The maximum atomic E-state index is 11.6. The van der Waals surface area contributed by atoms with Gasteiger partial charge in [0.1, 0.15) is 0 Å². The molecule has 21 heavy (non-hydrogen) atoms. The Kier molecular flexibility index (Phi) is 6.71. The van der Waals surface area contributed by atoms with Crippen molar-refractivity contribution in [2.75, 3.05) is 6.54 Å². The van der Waals surface area contributed by atoms with Gasteiger partial charge in [0, 0.05) is 38.3 Å². The molecular formula is C14H24N4O3. The van der Waals surface area contributed by atoms with E-state index < -0.39 is 5.97 Å². The third kappa shape index (κ3) is 6.78. The lowest BCUT2D eigenvalue weighted by Crippen LogP contribution is -2.36. The fraction of sp³-hybridized carbons (Fsp3) is 0.643. The third-order valence-corrected chi connectivity index (χ3v) is 3.33. The molecule has 0 aromatic carbocycles. The van der Waals surface area contributed by atoms with Crippen LogP contribution in [-0.2, 0) is 18.4 Å². The van der Waals surface area contributed by atoms with Gasteiger partial charge < -0.3 is 15.7 Å². The quantitative estimate of drug-likeness (QED) is 0.676. The highest BCUT2D eigenvalue weighted by Gasteiger charge is 2.08. The molecule has 0 saturated carbocycles. The number of aliphatic carboxylic acids is 1. The van der Waals surface area contributed by atoms with E-state index in [2.05, 4.69) is 15.7 Å². The Morgan fingerprint density at radius 3 is 2.67 bits per heavy atom. The number of nitrogens with zero attached hydrogens (tertiary/aromatic N) is 2. The lowest BCUT2D eigenvalue weighted by atomic mass is 10.0. The molecule has 1 unspecified atom stereocenters. The zero-order valence-electron chi connectivity index (χ0n) is 12.8. The van der Waals surface area contributed by atoms with Crippen molar-refractivity contribution in [3.05, 3.63) is 17.5 Å². The molecular weight excluding hydrogens is 272 g/mol. The van der Waals surface area contributed by atoms with Gasteiger partial charge in [0.2, 0.25) is 0 Å². The van der Waals surface area contributed by atoms with E-state index in [1.54, 1.807) is 4.68 Å². The lowest BCUT2D eigenvalue weighted by Gasteiger charge is -2.11. The highest BCUT2D eigenvalue weighted by atomic mass is 16.4. The molecule has 118 valence electrons. The smallest absolute Gasteiger partial charge is 0.315 e. The molecule has 0 radical (unpaired) electrons. The second kappa shape index (κ2) is 8.28. The number of aromatic nitrogens is 2. The summed E-state index contributed by atoms with van der Waals surface area (Å²) in [7, 11) is 1.84. The number of rotatable bonds is 8. The minimum absolute atomic E-state index is 0.174. The number of aryl methyl sites for hydroxylation is 2. The van der Waals surface area contributed by atoms with E-state index in [1.165, 1.54) is 0 Å². The van der Waals surface area contributed by atoms with Gasteiger partial charge in [-0.15, -0.1) is 0 Å². The van der Waals surface area contributed by atoms with E-state index in [9.17, 15) is 9.59 Å². The average molecular weight is 296 g/mol. The Hall–Kier alpha value is -2.05. The van der Waals surface area contributed by atoms with Crippen molar-refractivity contribution in [2.45, 2.75) is 39.7 Å². The first-order valence-electron chi connectivity index (χ1n) is 7.11. The van der Waals surface area contributed by atoms with Gasteiger partial charge in [0.25, 0.3) is 0 Å². The topological polar surface area (TPSA) is 96.3 Å². The second-order valence-corrected chi connectivity index (χ2v) is 5.35. The summed E-state index contributed by atoms with van der Waals surface area (Å²) < 4.78 is 1.72. The summed E-state index contributed by atoms with van der Waals surface area (Å²) >= 11 is 0. The molecule has 0 aliphatic heterocycles. The van der Waals surface area contributed by atoms with Gasteiger partial charge in [-0.05, 0) is 25.7 Å². The van der Waals surface area contributed by atoms with E-state index >= 15 is 0 Å². The van der Waals surface area contributed by atoms with Gasteiger partial charge in [-0.25, -0.2) is 4.79 Å². The molecule has 0 spiro atoms. The molecule has 7 heteroatoms. The van der Waals surface area contributed by atoms with Crippen molar-refractivity contribution < 1.29 is 14.7 Å². The summed E-state index contributed by atoms with van der Waals surface area (Å²) in [6.45, 7) is 4.87. The zero-order valence-corrected chi connectivity index (χ0v) is 12.8. The summed E-state index contributed by atoms with van der Waals surface area (Å²) in [4.78, 5) is 22.1. The number of carbonyl (C=O) groups excluding carboxylic acids is 1. The number of carboxylic acids is 1. The Bertz CT molecular complexity index is 485. The van der Waals surface area contributed by atoms with Gasteiger partial charge in [0.15, 0.2) is 0 Å². The van der Waals surface area contributed by atoms with Crippen LogP contribution >= 0.6 is 0 Å². The van der Waals surface area contributed by atoms with Crippen LogP contribution in [0, 0.1) is 12.8 Å². The minimum atomic E-state index is -0.778. The highest BCUT2D eigenvalue weighted by Crippen LogP contribution is 2.09. The number of carboxylic acid groups (broad SMARTS) is 1. The molecule has 0 bridgehead atoms. The van der Waals surface area contributed by atoms with E-state index in [-0.39, 0.29) is 18.4 Å². The molecule has 0 fully saturated rings. The number of hydrogen-bond acceptors (Lipinski definition) is 3. The first-order valence-corrected chi connectivity index (χ1v) is 7.11. The van der Waals surface area contributed by atoms with Crippen molar-refractivity contribution in [1.82, 2.24) is 20.4 Å². The van der Waals surface area contributed by atoms with Crippen LogP contribution in [-0.4, -0.2) is 33.4 Å². The first kappa shape index (κ1) is 17.0. The Labute approximate surface area is 124 Å². The summed E-state index contributed by atoms with van der Waals surface area (Å²) in [5.41, 5.74) is 1.89. The molecule has 0 aliphatic carbocycles. The normalized spacial score (nSPS) is 12.0. The van der Waals surface area contributed by atoms with E-state index in [1.807, 2.05) is 27.1 Å². The highest BCUT2D eigenvalue weighted by molar-refractivity contribution is 5.73. The van der Waals surface area contributed by atoms with Gasteiger partial charge in [-0.3, -0.25) is 9.48 Å². The standard InChI is InChI=1S/C14H24N4O3/c1-10(4-5-13(19)20)6-7-15-14(21)16-8-12-9-18(3)17-11(12)2/h9-10H,4-8H2,1-3H3,(H,19,20)(H2,15,16,21). The second-order valence-electron chi connectivity index (χ2n) is 5.35. The zero-order chi connectivity index (χ0) is 15.8. The molecule has 7 nitrogen and oxygen atoms in total. The number of amides is 2. The summed E-state index contributed by atoms with van der Waals surface area (Å²) in [6, 6.07) is -0.219. The number of urea groups is 1. The van der Waals surface area contributed by atoms with E-state index in [0.717, 1.165) is 17.7 Å². The van der Waals surface area contributed by atoms with Crippen LogP contribution in [0.4, 0.5) is 4.79 Å². The van der Waals surface area contributed by atoms with Crippen LogP contribution in [0.3, 0.4) is 0 Å². The van der Waals surface area contributed by atoms with E-state index in [0.29, 0.717) is 19.5 Å². The third-order valence-electron chi connectivity index (χ3n) is 3.33. The molecule has 1 rings (SSSR count). The van der Waals surface area contributed by atoms with Crippen molar-refractivity contribution in [2.24, 2.45) is 13.0 Å². The summed E-state index contributed by atoms with van der Waals surface area (Å²) in [6.07, 6.45) is 3.46. The van der Waals surface area contributed by atoms with Gasteiger partial charge in [0.05, 0.1) is 5.69 Å². The monoisotopic (exact) mass is 296 g/mol. The average Bonchev–Trinajstić information content (AvgIpc) is 2.72. The maximum Gasteiger partial charge on any atom is 0.315 e. The lowest BCUT2D eigenvalue weighted by molar-refractivity contribution is -0.137. The van der Waals surface area contributed by atoms with Crippen LogP contribution in [0.5, 0.6) is 0 Å². The van der Waals surface area contributed by atoms with Gasteiger partial charge in [-0.2, -0.15) is 5.10 Å². The van der Waals surface area contributed by atoms with Gasteiger partial charge in [-0.1, -0.05) is 6.92 Å². The van der Waals surface area contributed by atoms with Crippen molar-refractivity contribution in [3.8, 4) is 0 Å². The predicted molar refractivity (Wildman–Crippen MR) is 78.8 cm³/mol. The molecule has 2 amide bonds. The number of hydrogen-bond donors (Lipinski definition) is 3. The first-order chi connectivity index (χ1) is 9.88. The van der Waals surface area contributed by atoms with Crippen molar-refractivity contribution in [1.29, 1.82) is 0 Å². The van der Waals surface area contributed by atoms with Crippen LogP contribution in [0.25, 0.3) is 0 Å². The largest absolute Gasteiger partial charge is 0.481 e. The Morgan fingerprint density at radius 2 is 2.10 bits per heavy atom. The molecule has 1 heterocycles. The van der Waals surface area contributed by atoms with Crippen molar-refractivity contribution in [3.63, 3.8) is 0 Å². The van der Waals surface area contributed by atoms with Crippen molar-refractivity contribution >= 4 is 12.0 Å². The Balaban J connectivity index is 2.17.